The third-order valence-electron chi connectivity index (χ3n) is 3.65. The first-order chi connectivity index (χ1) is 12.0. The summed E-state index contributed by atoms with van der Waals surface area (Å²) in [5.74, 6) is 0.405. The molecule has 0 bridgehead atoms. The standard InChI is InChI=1S/C18H16BrNO5/c1-11(25-18(22)13-4-2-3-5-14(13)19)17(21)20-9-12-6-7-15-16(8-12)24-10-23-15/h2-8,11H,9-10H2,1H3,(H,20,21)/t11-/m0/s1. The zero-order valence-electron chi connectivity index (χ0n) is 13.5. The first-order valence-electron chi connectivity index (χ1n) is 7.66. The zero-order chi connectivity index (χ0) is 17.8. The molecule has 1 N–H and O–H groups in total. The smallest absolute Gasteiger partial charge is 0.340 e. The average Bonchev–Trinajstić information content (AvgIpc) is 3.07. The molecule has 3 rings (SSSR count). The van der Waals surface area contributed by atoms with Gasteiger partial charge >= 0.3 is 5.97 Å². The van der Waals surface area contributed by atoms with Gasteiger partial charge in [0.15, 0.2) is 17.6 Å². The molecule has 0 spiro atoms. The van der Waals surface area contributed by atoms with Crippen LogP contribution in [0.4, 0.5) is 0 Å². The van der Waals surface area contributed by atoms with Crippen LogP contribution in [-0.4, -0.2) is 24.8 Å². The van der Waals surface area contributed by atoms with E-state index < -0.39 is 12.1 Å². The molecule has 7 heteroatoms. The number of carbonyl (C=O) groups excluding carboxylic acids is 2. The second-order valence-corrected chi connectivity index (χ2v) is 6.29. The Balaban J connectivity index is 1.54. The number of benzene rings is 2. The monoisotopic (exact) mass is 405 g/mol. The maximum absolute atomic E-state index is 12.1. The Morgan fingerprint density at radius 1 is 1.20 bits per heavy atom. The van der Waals surface area contributed by atoms with E-state index in [9.17, 15) is 9.59 Å². The molecule has 2 aromatic carbocycles. The lowest BCUT2D eigenvalue weighted by atomic mass is 10.2. The van der Waals surface area contributed by atoms with E-state index >= 15 is 0 Å². The molecule has 0 saturated heterocycles. The minimum atomic E-state index is -0.909. The van der Waals surface area contributed by atoms with Gasteiger partial charge in [0.05, 0.1) is 5.56 Å². The number of rotatable bonds is 5. The van der Waals surface area contributed by atoms with Crippen molar-refractivity contribution in [3.63, 3.8) is 0 Å². The number of nitrogens with one attached hydrogen (secondary N) is 1. The highest BCUT2D eigenvalue weighted by Gasteiger charge is 2.20. The van der Waals surface area contributed by atoms with Gasteiger partial charge in [-0.05, 0) is 52.7 Å². The maximum atomic E-state index is 12.1. The van der Waals surface area contributed by atoms with Crippen molar-refractivity contribution in [2.45, 2.75) is 19.6 Å². The van der Waals surface area contributed by atoms with Gasteiger partial charge in [-0.15, -0.1) is 0 Å². The van der Waals surface area contributed by atoms with Gasteiger partial charge in [-0.2, -0.15) is 0 Å². The number of amides is 1. The van der Waals surface area contributed by atoms with E-state index in [-0.39, 0.29) is 12.7 Å². The van der Waals surface area contributed by atoms with E-state index in [4.69, 9.17) is 14.2 Å². The molecular formula is C18H16BrNO5. The molecule has 2 aromatic rings. The van der Waals surface area contributed by atoms with Gasteiger partial charge in [-0.3, -0.25) is 4.79 Å². The lowest BCUT2D eigenvalue weighted by Crippen LogP contribution is -2.35. The second-order valence-electron chi connectivity index (χ2n) is 5.43. The van der Waals surface area contributed by atoms with Crippen LogP contribution in [0.5, 0.6) is 11.5 Å². The fourth-order valence-corrected chi connectivity index (χ4v) is 2.73. The van der Waals surface area contributed by atoms with Gasteiger partial charge in [0, 0.05) is 11.0 Å². The van der Waals surface area contributed by atoms with Gasteiger partial charge in [-0.25, -0.2) is 4.79 Å². The van der Waals surface area contributed by atoms with Gasteiger partial charge in [-0.1, -0.05) is 18.2 Å². The molecule has 1 amide bonds. The minimum Gasteiger partial charge on any atom is -0.454 e. The van der Waals surface area contributed by atoms with Crippen molar-refractivity contribution in [1.29, 1.82) is 0 Å². The molecule has 1 aliphatic heterocycles. The van der Waals surface area contributed by atoms with E-state index in [2.05, 4.69) is 21.2 Å². The normalized spacial score (nSPS) is 13.2. The summed E-state index contributed by atoms with van der Waals surface area (Å²) in [4.78, 5) is 24.3. The number of hydrogen-bond acceptors (Lipinski definition) is 5. The lowest BCUT2D eigenvalue weighted by molar-refractivity contribution is -0.129. The Morgan fingerprint density at radius 2 is 1.96 bits per heavy atom. The van der Waals surface area contributed by atoms with E-state index in [1.54, 1.807) is 36.4 Å². The number of halogens is 1. The van der Waals surface area contributed by atoms with Gasteiger partial charge in [0.25, 0.3) is 5.91 Å². The van der Waals surface area contributed by atoms with Crippen LogP contribution in [0.15, 0.2) is 46.9 Å². The Labute approximate surface area is 153 Å². The first kappa shape index (κ1) is 17.3. The predicted octanol–water partition coefficient (Wildman–Crippen LogP) is 3.04. The zero-order valence-corrected chi connectivity index (χ0v) is 15.0. The fraction of sp³-hybridized carbons (Fsp3) is 0.222. The fourth-order valence-electron chi connectivity index (χ4n) is 2.29. The summed E-state index contributed by atoms with van der Waals surface area (Å²) in [6, 6.07) is 12.3. The lowest BCUT2D eigenvalue weighted by Gasteiger charge is -2.14. The third kappa shape index (κ3) is 4.11. The minimum absolute atomic E-state index is 0.202. The highest BCUT2D eigenvalue weighted by atomic mass is 79.9. The number of hydrogen-bond donors (Lipinski definition) is 1. The van der Waals surface area contributed by atoms with Gasteiger partial charge < -0.3 is 19.5 Å². The molecule has 0 aliphatic carbocycles. The highest BCUT2D eigenvalue weighted by Crippen LogP contribution is 2.32. The molecule has 0 aromatic heterocycles. The molecule has 1 atom stereocenters. The summed E-state index contributed by atoms with van der Waals surface area (Å²) in [5, 5.41) is 2.74. The molecule has 0 unspecified atom stereocenters. The van der Waals surface area contributed by atoms with Crippen LogP contribution >= 0.6 is 15.9 Å². The molecule has 0 radical (unpaired) electrons. The van der Waals surface area contributed by atoms with Crippen molar-refractivity contribution in [1.82, 2.24) is 5.32 Å². The Morgan fingerprint density at radius 3 is 2.76 bits per heavy atom. The molecular weight excluding hydrogens is 390 g/mol. The maximum Gasteiger partial charge on any atom is 0.340 e. The van der Waals surface area contributed by atoms with Crippen molar-refractivity contribution in [2.24, 2.45) is 0 Å². The van der Waals surface area contributed by atoms with Gasteiger partial charge in [0.1, 0.15) is 0 Å². The predicted molar refractivity (Wildman–Crippen MR) is 93.4 cm³/mol. The van der Waals surface area contributed by atoms with Crippen LogP contribution in [-0.2, 0) is 16.1 Å². The summed E-state index contributed by atoms with van der Waals surface area (Å²) in [6.07, 6.45) is -0.909. The average molecular weight is 406 g/mol. The Hall–Kier alpha value is -2.54. The van der Waals surface area contributed by atoms with Crippen LogP contribution in [0.25, 0.3) is 0 Å². The number of ether oxygens (including phenoxy) is 3. The third-order valence-corrected chi connectivity index (χ3v) is 4.34. The summed E-state index contributed by atoms with van der Waals surface area (Å²) in [7, 11) is 0. The van der Waals surface area contributed by atoms with Crippen molar-refractivity contribution in [3.8, 4) is 11.5 Å². The van der Waals surface area contributed by atoms with Crippen LogP contribution in [0.2, 0.25) is 0 Å². The SMILES string of the molecule is C[C@H](OC(=O)c1ccccc1Br)C(=O)NCc1ccc2c(c1)OCO2. The Bertz CT molecular complexity index is 808. The van der Waals surface area contributed by atoms with E-state index in [0.717, 1.165) is 5.56 Å². The van der Waals surface area contributed by atoms with Crippen molar-refractivity contribution in [2.75, 3.05) is 6.79 Å². The molecule has 1 aliphatic rings. The molecule has 6 nitrogen and oxygen atoms in total. The van der Waals surface area contributed by atoms with Crippen LogP contribution in [0.3, 0.4) is 0 Å². The quantitative estimate of drug-likeness (QED) is 0.773. The molecule has 1 heterocycles. The number of esters is 1. The van der Waals surface area contributed by atoms with Crippen molar-refractivity contribution < 1.29 is 23.8 Å². The summed E-state index contributed by atoms with van der Waals surface area (Å²) in [6.45, 7) is 2.03. The topological polar surface area (TPSA) is 73.9 Å². The highest BCUT2D eigenvalue weighted by molar-refractivity contribution is 9.10. The summed E-state index contributed by atoms with van der Waals surface area (Å²) < 4.78 is 16.4. The largest absolute Gasteiger partial charge is 0.454 e. The number of carbonyl (C=O) groups is 2. The van der Waals surface area contributed by atoms with Crippen LogP contribution in [0.1, 0.15) is 22.8 Å². The van der Waals surface area contributed by atoms with E-state index in [1.807, 2.05) is 6.07 Å². The summed E-state index contributed by atoms with van der Waals surface area (Å²) in [5.41, 5.74) is 1.24. The van der Waals surface area contributed by atoms with Crippen molar-refractivity contribution >= 4 is 27.8 Å². The van der Waals surface area contributed by atoms with E-state index in [0.29, 0.717) is 28.1 Å². The van der Waals surface area contributed by atoms with Crippen LogP contribution in [0, 0.1) is 0 Å². The second kappa shape index (κ2) is 7.57. The number of fused-ring (bicyclic) bond motifs is 1. The summed E-state index contributed by atoms with van der Waals surface area (Å²) >= 11 is 3.29. The molecule has 25 heavy (non-hydrogen) atoms. The Kier molecular flexibility index (Phi) is 5.23. The molecule has 0 fully saturated rings. The first-order valence-corrected chi connectivity index (χ1v) is 8.45. The van der Waals surface area contributed by atoms with Gasteiger partial charge in [0.2, 0.25) is 6.79 Å². The van der Waals surface area contributed by atoms with Crippen molar-refractivity contribution in [3.05, 3.63) is 58.1 Å². The van der Waals surface area contributed by atoms with E-state index in [1.165, 1.54) is 6.92 Å². The molecule has 0 saturated carbocycles. The molecule has 130 valence electrons. The van der Waals surface area contributed by atoms with Crippen LogP contribution < -0.4 is 14.8 Å².